The van der Waals surface area contributed by atoms with Gasteiger partial charge >= 0.3 is 11.5 Å². The van der Waals surface area contributed by atoms with Crippen LogP contribution in [0, 0.1) is 46.4 Å². The van der Waals surface area contributed by atoms with Gasteiger partial charge in [-0.25, -0.2) is 4.39 Å². The van der Waals surface area contributed by atoms with E-state index in [0.29, 0.717) is 11.5 Å². The van der Waals surface area contributed by atoms with E-state index >= 15 is 4.39 Å². The van der Waals surface area contributed by atoms with Gasteiger partial charge in [-0.2, -0.15) is 4.57 Å². The molecule has 0 radical (unpaired) electrons. The third-order valence-corrected chi connectivity index (χ3v) is 15.4. The molecule has 302 valence electrons. The summed E-state index contributed by atoms with van der Waals surface area (Å²) in [6.07, 6.45) is 3.37. The average Bonchev–Trinajstić information content (AvgIpc) is 3.90. The topological polar surface area (TPSA) is 25.8 Å². The number of nitrogens with zero attached hydrogens (tertiary/aromatic N) is 3. The number of para-hydroxylation sites is 2. The Morgan fingerprint density at radius 3 is 2.15 bits per heavy atom. The minimum Gasteiger partial charge on any atom is -0.455 e. The molecule has 5 heterocycles. The lowest BCUT2D eigenvalue weighted by atomic mass is 9.88. The van der Waals surface area contributed by atoms with Gasteiger partial charge < -0.3 is 4.42 Å². The third-order valence-electron chi connectivity index (χ3n) is 13.4. The Morgan fingerprint density at radius 2 is 1.43 bits per heavy atom. The van der Waals surface area contributed by atoms with E-state index < -0.39 is 13.7 Å². The van der Waals surface area contributed by atoms with Crippen molar-refractivity contribution in [2.24, 2.45) is 5.92 Å². The zero-order valence-corrected chi connectivity index (χ0v) is 37.9. The standard InChI is InChI=1S/C55H52FN3OSi/c1-31(2)23-38-29-46-50-41(16-14-17-43(50)56)55(57(46)30-48(38)61(8,9)10)42-22-21-40-49-39(37-27-32(3)24-33(4)28-37)15-13-20-47(49)60-53(40)51(42)54-58(44-18-11-12-19-45(44)59(54)55)52-35(6)25-34(5)26-36(52)7/h11-22,24-31H,23H2,1-10H3/q+2. The first-order valence-corrected chi connectivity index (χ1v) is 25.3. The number of aromatic nitrogens is 3. The summed E-state index contributed by atoms with van der Waals surface area (Å²) in [5.74, 6) is 1.28. The summed E-state index contributed by atoms with van der Waals surface area (Å²) in [4.78, 5) is 0. The van der Waals surface area contributed by atoms with Crippen LogP contribution >= 0.6 is 0 Å². The minimum absolute atomic E-state index is 0.202. The van der Waals surface area contributed by atoms with Crippen molar-refractivity contribution in [3.63, 3.8) is 0 Å². The van der Waals surface area contributed by atoms with E-state index in [1.165, 1.54) is 44.1 Å². The lowest BCUT2D eigenvalue weighted by Crippen LogP contribution is -2.72. The second-order valence-electron chi connectivity index (χ2n) is 19.4. The Balaban J connectivity index is 1.38. The molecule has 0 saturated carbocycles. The maximum atomic E-state index is 17.0. The van der Waals surface area contributed by atoms with Gasteiger partial charge in [-0.05, 0) is 117 Å². The molecule has 0 aliphatic carbocycles. The van der Waals surface area contributed by atoms with E-state index in [9.17, 15) is 0 Å². The summed E-state index contributed by atoms with van der Waals surface area (Å²) in [5.41, 5.74) is 18.4. The fourth-order valence-corrected chi connectivity index (χ4v) is 13.1. The molecule has 0 N–H and O–H groups in total. The van der Waals surface area contributed by atoms with Crippen molar-refractivity contribution in [3.8, 4) is 39.5 Å². The van der Waals surface area contributed by atoms with Crippen LogP contribution in [-0.4, -0.2) is 12.6 Å². The van der Waals surface area contributed by atoms with Crippen LogP contribution in [-0.2, 0) is 12.1 Å². The fourth-order valence-electron chi connectivity index (χ4n) is 11.4. The highest BCUT2D eigenvalue weighted by molar-refractivity contribution is 6.89. The van der Waals surface area contributed by atoms with Crippen molar-refractivity contribution in [2.75, 3.05) is 0 Å². The maximum Gasteiger partial charge on any atom is 0.365 e. The number of imidazole rings is 1. The zero-order chi connectivity index (χ0) is 42.4. The highest BCUT2D eigenvalue weighted by Gasteiger charge is 2.68. The minimum atomic E-state index is -1.94. The first kappa shape index (κ1) is 37.9. The van der Waals surface area contributed by atoms with E-state index in [2.05, 4.69) is 185 Å². The van der Waals surface area contributed by atoms with Crippen molar-refractivity contribution in [3.05, 3.63) is 166 Å². The summed E-state index contributed by atoms with van der Waals surface area (Å²) in [6, 6.07) is 39.3. The van der Waals surface area contributed by atoms with Gasteiger partial charge in [0.25, 0.3) is 0 Å². The third kappa shape index (κ3) is 5.15. The van der Waals surface area contributed by atoms with Crippen LogP contribution in [0.15, 0.2) is 120 Å². The first-order valence-electron chi connectivity index (χ1n) is 21.8. The Bertz CT molecular complexity index is 3340. The van der Waals surface area contributed by atoms with E-state index in [4.69, 9.17) is 4.42 Å². The average molecular weight is 818 g/mol. The number of rotatable bonds is 5. The monoisotopic (exact) mass is 817 g/mol. The van der Waals surface area contributed by atoms with Crippen molar-refractivity contribution < 1.29 is 17.9 Å². The number of furan rings is 1. The molecule has 0 fully saturated rings. The van der Waals surface area contributed by atoms with Gasteiger partial charge in [0, 0.05) is 22.0 Å². The van der Waals surface area contributed by atoms with Gasteiger partial charge in [0.2, 0.25) is 5.69 Å². The molecule has 1 atom stereocenters. The summed E-state index contributed by atoms with van der Waals surface area (Å²) in [5, 5.41) is 3.58. The number of fused-ring (bicyclic) bond motifs is 16. The van der Waals surface area contributed by atoms with Crippen LogP contribution in [0.1, 0.15) is 58.4 Å². The highest BCUT2D eigenvalue weighted by atomic mass is 28.3. The number of pyridine rings is 1. The fraction of sp³-hybridized carbons (Fsp3) is 0.236. The van der Waals surface area contributed by atoms with Crippen LogP contribution < -0.4 is 14.3 Å². The molecular formula is C55H52FN3OSi+2. The molecule has 0 bridgehead atoms. The van der Waals surface area contributed by atoms with E-state index in [1.54, 1.807) is 6.07 Å². The second-order valence-corrected chi connectivity index (χ2v) is 24.4. The largest absolute Gasteiger partial charge is 0.455 e. The summed E-state index contributed by atoms with van der Waals surface area (Å²) in [6.45, 7) is 22.9. The van der Waals surface area contributed by atoms with Crippen molar-refractivity contribution in [1.82, 2.24) is 4.57 Å². The SMILES string of the molecule is Cc1cc(C)cc(-c2cccc3oc4c5c(ccc4c23)C2(c3cccc(F)c3-c3cc(CC(C)C)c([Si](C)(C)C)c[n+]32)[n+]2c-5n(-c3c(C)cc(C)cc3C)c3ccccc32)c1. The molecule has 6 aromatic carbocycles. The van der Waals surface area contributed by atoms with Crippen molar-refractivity contribution in [1.29, 1.82) is 0 Å². The predicted octanol–water partition coefficient (Wildman–Crippen LogP) is 12.5. The Kier molecular flexibility index (Phi) is 8.04. The molecule has 0 amide bonds. The predicted molar refractivity (Wildman–Crippen MR) is 250 cm³/mol. The molecule has 4 nitrogen and oxygen atoms in total. The number of hydrogen-bond donors (Lipinski definition) is 0. The molecule has 11 rings (SSSR count). The molecule has 1 spiro atoms. The molecule has 61 heavy (non-hydrogen) atoms. The van der Waals surface area contributed by atoms with E-state index in [-0.39, 0.29) is 5.82 Å². The Hall–Kier alpha value is -6.11. The second kappa shape index (κ2) is 12.9. The van der Waals surface area contributed by atoms with Gasteiger partial charge in [0.15, 0.2) is 22.8 Å². The first-order chi connectivity index (χ1) is 29.2. The summed E-state index contributed by atoms with van der Waals surface area (Å²) < 4.78 is 31.8. The lowest BCUT2D eigenvalue weighted by Gasteiger charge is -2.24. The maximum absolute atomic E-state index is 17.0. The Labute approximate surface area is 358 Å². The van der Waals surface area contributed by atoms with Gasteiger partial charge in [-0.3, -0.25) is 0 Å². The van der Waals surface area contributed by atoms with Crippen LogP contribution in [0.5, 0.6) is 0 Å². The normalized spacial score (nSPS) is 15.4. The van der Waals surface area contributed by atoms with Gasteiger partial charge in [-0.1, -0.05) is 111 Å². The molecule has 3 aromatic heterocycles. The lowest BCUT2D eigenvalue weighted by molar-refractivity contribution is -0.944. The van der Waals surface area contributed by atoms with Crippen LogP contribution in [0.3, 0.4) is 0 Å². The van der Waals surface area contributed by atoms with Crippen LogP contribution in [0.25, 0.3) is 72.4 Å². The van der Waals surface area contributed by atoms with E-state index in [0.717, 1.165) is 78.9 Å². The highest BCUT2D eigenvalue weighted by Crippen LogP contribution is 2.53. The van der Waals surface area contributed by atoms with Crippen LogP contribution in [0.4, 0.5) is 4.39 Å². The number of benzene rings is 6. The quantitative estimate of drug-likeness (QED) is 0.125. The number of halogens is 1. The van der Waals surface area contributed by atoms with Crippen molar-refractivity contribution >= 4 is 46.2 Å². The van der Waals surface area contributed by atoms with E-state index in [1.807, 2.05) is 6.07 Å². The molecule has 6 heteroatoms. The molecule has 9 aromatic rings. The van der Waals surface area contributed by atoms with Crippen LogP contribution in [0.2, 0.25) is 19.6 Å². The molecule has 0 saturated heterocycles. The van der Waals surface area contributed by atoms with Gasteiger partial charge in [-0.15, -0.1) is 9.13 Å². The molecule has 2 aliphatic rings. The smallest absolute Gasteiger partial charge is 0.365 e. The van der Waals surface area contributed by atoms with Crippen molar-refractivity contribution in [2.45, 2.75) is 80.2 Å². The number of aryl methyl sites for hydroxylation is 5. The van der Waals surface area contributed by atoms with Gasteiger partial charge in [0.1, 0.15) is 22.7 Å². The summed E-state index contributed by atoms with van der Waals surface area (Å²) >= 11 is 0. The molecule has 2 aliphatic heterocycles. The van der Waals surface area contributed by atoms with Gasteiger partial charge in [0.05, 0.1) is 24.8 Å². The Morgan fingerprint density at radius 1 is 0.738 bits per heavy atom. The zero-order valence-electron chi connectivity index (χ0n) is 36.9. The molecule has 1 unspecified atom stereocenters. The molecular weight excluding hydrogens is 766 g/mol. The number of hydrogen-bond acceptors (Lipinski definition) is 1. The summed E-state index contributed by atoms with van der Waals surface area (Å²) in [7, 11) is -1.94.